The topological polar surface area (TPSA) is 133 Å². The van der Waals surface area contributed by atoms with Crippen LogP contribution < -0.4 is 5.32 Å². The third-order valence-electron chi connectivity index (χ3n) is 3.56. The Balaban J connectivity index is 2.18. The number of nitrogens with one attached hydrogen (secondary N) is 1. The van der Waals surface area contributed by atoms with E-state index < -0.39 is 58.3 Å². The van der Waals surface area contributed by atoms with Gasteiger partial charge in [0.25, 0.3) is 10.1 Å². The summed E-state index contributed by atoms with van der Waals surface area (Å²) in [7, 11) is -4.28. The molecule has 0 fully saturated rings. The van der Waals surface area contributed by atoms with Gasteiger partial charge in [-0.25, -0.2) is 0 Å². The van der Waals surface area contributed by atoms with Gasteiger partial charge in [-0.15, -0.1) is 0 Å². The van der Waals surface area contributed by atoms with Crippen LogP contribution in [0.4, 0.5) is 19.0 Å². The molecule has 0 saturated heterocycles. The highest BCUT2D eigenvalue weighted by atomic mass is 32.2. The highest BCUT2D eigenvalue weighted by Gasteiger charge is 2.29. The van der Waals surface area contributed by atoms with E-state index >= 15 is 0 Å². The molecule has 2 rings (SSSR count). The van der Waals surface area contributed by atoms with Crippen LogP contribution in [-0.4, -0.2) is 41.5 Å². The van der Waals surface area contributed by atoms with E-state index in [1.54, 1.807) is 12.2 Å². The second-order valence-corrected chi connectivity index (χ2v) is 7.44. The smallest absolute Gasteiger partial charge is 0.358 e. The molecule has 0 saturated carbocycles. The highest BCUT2D eigenvalue weighted by molar-refractivity contribution is 7.86. The molecule has 1 aromatic heterocycles. The zero-order valence-corrected chi connectivity index (χ0v) is 15.7. The SMILES string of the molecule is Cc1ccc(S(=O)(=O)OCc2c([N+](=O)[O-])ncn2CC(=O)NCC(F)(F)F)cc1. The fraction of sp³-hybridized carbons (Fsp3) is 0.333. The lowest BCUT2D eigenvalue weighted by molar-refractivity contribution is -0.390. The lowest BCUT2D eigenvalue weighted by Gasteiger charge is -2.10. The Morgan fingerprint density at radius 1 is 1.31 bits per heavy atom. The third-order valence-corrected chi connectivity index (χ3v) is 4.84. The van der Waals surface area contributed by atoms with Crippen LogP contribution in [0.5, 0.6) is 0 Å². The Morgan fingerprint density at radius 2 is 1.93 bits per heavy atom. The summed E-state index contributed by atoms with van der Waals surface area (Å²) in [5.41, 5.74) is 0.398. The largest absolute Gasteiger partial charge is 0.405 e. The van der Waals surface area contributed by atoms with Gasteiger partial charge in [0.05, 0.1) is 4.90 Å². The first-order valence-electron chi connectivity index (χ1n) is 7.87. The minimum Gasteiger partial charge on any atom is -0.358 e. The number of alkyl halides is 3. The molecule has 10 nitrogen and oxygen atoms in total. The Morgan fingerprint density at radius 3 is 2.48 bits per heavy atom. The van der Waals surface area contributed by atoms with Crippen LogP contribution in [0.2, 0.25) is 0 Å². The Hall–Kier alpha value is -3.00. The summed E-state index contributed by atoms with van der Waals surface area (Å²) in [4.78, 5) is 25.1. The second-order valence-electron chi connectivity index (χ2n) is 5.82. The lowest BCUT2D eigenvalue weighted by Crippen LogP contribution is -2.36. The molecule has 158 valence electrons. The summed E-state index contributed by atoms with van der Waals surface area (Å²) in [6.45, 7) is -1.45. The van der Waals surface area contributed by atoms with E-state index in [0.29, 0.717) is 0 Å². The van der Waals surface area contributed by atoms with Gasteiger partial charge in [-0.3, -0.25) is 13.5 Å². The maximum atomic E-state index is 12.2. The number of nitrogens with zero attached hydrogens (tertiary/aromatic N) is 3. The molecule has 0 radical (unpaired) electrons. The maximum absolute atomic E-state index is 12.2. The van der Waals surface area contributed by atoms with Crippen molar-refractivity contribution in [2.24, 2.45) is 0 Å². The first-order chi connectivity index (χ1) is 13.4. The predicted octanol–water partition coefficient (Wildman–Crippen LogP) is 1.68. The number of carbonyl (C=O) groups excluding carboxylic acids is 1. The quantitative estimate of drug-likeness (QED) is 0.378. The first kappa shape index (κ1) is 22.3. The van der Waals surface area contributed by atoms with Gasteiger partial charge >= 0.3 is 12.0 Å². The normalized spacial score (nSPS) is 12.0. The van der Waals surface area contributed by atoms with E-state index in [9.17, 15) is 36.5 Å². The van der Waals surface area contributed by atoms with Crippen LogP contribution in [0.15, 0.2) is 35.5 Å². The number of aryl methyl sites for hydroxylation is 1. The summed E-state index contributed by atoms with van der Waals surface area (Å²) in [6, 6.07) is 5.60. The molecule has 29 heavy (non-hydrogen) atoms. The monoisotopic (exact) mass is 436 g/mol. The Labute approximate surface area is 162 Å². The number of halogens is 3. The fourth-order valence-electron chi connectivity index (χ4n) is 2.15. The number of aromatic nitrogens is 2. The standard InChI is InChI=1S/C15H15F3N4O6S/c1-10-2-4-11(5-3-10)29(26,27)28-7-12-14(22(24)25)20-9-21(12)6-13(23)19-8-15(16,17)18/h2-5,9H,6-8H2,1H3,(H,19,23). The molecule has 0 aliphatic carbocycles. The molecule has 1 amide bonds. The molecule has 0 aliphatic heterocycles. The van der Waals surface area contributed by atoms with Gasteiger partial charge in [0, 0.05) is 0 Å². The van der Waals surface area contributed by atoms with Crippen LogP contribution in [-0.2, 0) is 32.2 Å². The minimum atomic E-state index is -4.63. The number of hydrogen-bond donors (Lipinski definition) is 1. The van der Waals surface area contributed by atoms with Crippen molar-refractivity contribution in [1.82, 2.24) is 14.9 Å². The predicted molar refractivity (Wildman–Crippen MR) is 91.1 cm³/mol. The van der Waals surface area contributed by atoms with Crippen LogP contribution in [0.25, 0.3) is 0 Å². The van der Waals surface area contributed by atoms with Crippen molar-refractivity contribution in [2.45, 2.75) is 31.1 Å². The fourth-order valence-corrected chi connectivity index (χ4v) is 3.02. The molecule has 0 spiro atoms. The van der Waals surface area contributed by atoms with E-state index in [4.69, 9.17) is 4.18 Å². The molecular weight excluding hydrogens is 421 g/mol. The Bertz CT molecular complexity index is 1000. The van der Waals surface area contributed by atoms with Crippen LogP contribution in [0, 0.1) is 17.0 Å². The van der Waals surface area contributed by atoms with Gasteiger partial charge in [0.2, 0.25) is 12.2 Å². The average molecular weight is 436 g/mol. The van der Waals surface area contributed by atoms with Crippen LogP contribution >= 0.6 is 0 Å². The summed E-state index contributed by atoms with van der Waals surface area (Å²) < 4.78 is 66.7. The number of imidazole rings is 1. The van der Waals surface area contributed by atoms with Gasteiger partial charge in [-0.1, -0.05) is 17.7 Å². The number of hydrogen-bond acceptors (Lipinski definition) is 7. The minimum absolute atomic E-state index is 0.195. The summed E-state index contributed by atoms with van der Waals surface area (Å²) >= 11 is 0. The Kier molecular flexibility index (Phi) is 6.58. The maximum Gasteiger partial charge on any atom is 0.405 e. The highest BCUT2D eigenvalue weighted by Crippen LogP contribution is 2.21. The van der Waals surface area contributed by atoms with Crippen LogP contribution in [0.3, 0.4) is 0 Å². The molecule has 0 atom stereocenters. The number of nitro groups is 1. The van der Waals surface area contributed by atoms with Gasteiger partial charge in [-0.2, -0.15) is 21.6 Å². The van der Waals surface area contributed by atoms with E-state index in [0.717, 1.165) is 16.5 Å². The summed E-state index contributed by atoms with van der Waals surface area (Å²) in [5.74, 6) is -1.88. The number of carbonyl (C=O) groups is 1. The van der Waals surface area contributed by atoms with E-state index in [1.165, 1.54) is 24.3 Å². The first-order valence-corrected chi connectivity index (χ1v) is 9.28. The summed E-state index contributed by atoms with van der Waals surface area (Å²) in [5, 5.41) is 12.7. The van der Waals surface area contributed by atoms with Gasteiger partial charge in [0.1, 0.15) is 25.4 Å². The van der Waals surface area contributed by atoms with Crippen molar-refractivity contribution in [3.63, 3.8) is 0 Å². The zero-order valence-electron chi connectivity index (χ0n) is 14.8. The average Bonchev–Trinajstić information content (AvgIpc) is 3.01. The summed E-state index contributed by atoms with van der Waals surface area (Å²) in [6.07, 6.45) is -3.80. The molecule has 0 bridgehead atoms. The molecule has 1 aromatic carbocycles. The zero-order chi connectivity index (χ0) is 21.8. The van der Waals surface area contributed by atoms with Crippen molar-refractivity contribution in [2.75, 3.05) is 6.54 Å². The van der Waals surface area contributed by atoms with Crippen molar-refractivity contribution in [3.8, 4) is 0 Å². The molecule has 14 heteroatoms. The van der Waals surface area contributed by atoms with Gasteiger partial charge in [0.15, 0.2) is 0 Å². The van der Waals surface area contributed by atoms with Crippen molar-refractivity contribution in [3.05, 3.63) is 52.0 Å². The van der Waals surface area contributed by atoms with Crippen LogP contribution in [0.1, 0.15) is 11.3 Å². The molecule has 0 aliphatic rings. The number of rotatable bonds is 8. The van der Waals surface area contributed by atoms with Crippen molar-refractivity contribution >= 4 is 21.8 Å². The lowest BCUT2D eigenvalue weighted by atomic mass is 10.2. The van der Waals surface area contributed by atoms with Gasteiger partial charge < -0.3 is 15.4 Å². The molecule has 0 unspecified atom stereocenters. The molecule has 2 aromatic rings. The number of benzene rings is 1. The molecular formula is C15H15F3N4O6S. The van der Waals surface area contributed by atoms with E-state index in [1.807, 2.05) is 0 Å². The third kappa shape index (κ3) is 6.25. The van der Waals surface area contributed by atoms with Gasteiger partial charge in [-0.05, 0) is 29.0 Å². The molecule has 1 N–H and O–H groups in total. The van der Waals surface area contributed by atoms with E-state index in [2.05, 4.69) is 4.98 Å². The van der Waals surface area contributed by atoms with Crippen molar-refractivity contribution < 1.29 is 35.5 Å². The number of amides is 1. The molecule has 1 heterocycles. The van der Waals surface area contributed by atoms with E-state index in [-0.39, 0.29) is 4.90 Å². The van der Waals surface area contributed by atoms with Crippen molar-refractivity contribution in [1.29, 1.82) is 0 Å². The second kappa shape index (κ2) is 8.57.